The summed E-state index contributed by atoms with van der Waals surface area (Å²) in [6, 6.07) is 0. The molecule has 5 aliphatic carbocycles. The van der Waals surface area contributed by atoms with Crippen molar-refractivity contribution < 1.29 is 89.7 Å². The van der Waals surface area contributed by atoms with Crippen LogP contribution in [-0.4, -0.2) is 192 Å². The van der Waals surface area contributed by atoms with Crippen molar-refractivity contribution in [2.24, 2.45) is 44.3 Å². The van der Waals surface area contributed by atoms with Gasteiger partial charge in [-0.05, 0) is 86.4 Å². The quantitative estimate of drug-likeness (QED) is 0.123. The first-order valence-electron chi connectivity index (χ1n) is 24.2. The van der Waals surface area contributed by atoms with Gasteiger partial charge in [-0.25, -0.2) is 0 Å². The smallest absolute Gasteiger partial charge is 0.187 e. The first kappa shape index (κ1) is 51.1. The van der Waals surface area contributed by atoms with Crippen LogP contribution in [0.5, 0.6) is 0 Å². The second-order valence-electron chi connectivity index (χ2n) is 23.0. The van der Waals surface area contributed by atoms with Gasteiger partial charge in [-0.2, -0.15) is 0 Å². The Morgan fingerprint density at radius 3 is 1.73 bits per heavy atom. The predicted molar refractivity (Wildman–Crippen MR) is 231 cm³/mol. The molecule has 0 spiro atoms. The minimum absolute atomic E-state index is 0.0232. The van der Waals surface area contributed by atoms with E-state index < -0.39 is 139 Å². The van der Waals surface area contributed by atoms with Crippen molar-refractivity contribution in [3.8, 4) is 0 Å². The SMILES string of the molecule is C[C@H]1O[C@@H](O[C@H]2CC[C@]3(C)C4=CC=C5[C@@H]6CC(C)(C)CC[C@]6(CO)[C@@H](O)C[C@@]5(C)[C@]4(C)CC[C@H]3[C@]2(C)CO)[C@H](O[C@@H]2O[C@H](CO)[C@@H](O)[C@H](O)[C@H]2O)[C@@H](O[C@@H]2O[C@H](CO)[C@@H](O)[C@H](O)[C@H]2O)[C@H]1O. The zero-order chi connectivity index (χ0) is 48.3. The van der Waals surface area contributed by atoms with E-state index >= 15 is 0 Å². The topological polar surface area (TPSA) is 298 Å². The Balaban J connectivity index is 1.12. The van der Waals surface area contributed by atoms with Gasteiger partial charge in [0.25, 0.3) is 0 Å². The van der Waals surface area contributed by atoms with Crippen LogP contribution in [0.4, 0.5) is 0 Å². The van der Waals surface area contributed by atoms with E-state index in [1.807, 2.05) is 6.92 Å². The minimum atomic E-state index is -1.89. The number of hydrogen-bond acceptors (Lipinski definition) is 18. The predicted octanol–water partition coefficient (Wildman–Crippen LogP) is -0.495. The summed E-state index contributed by atoms with van der Waals surface area (Å²) in [6.07, 6.45) is -15.6. The first-order valence-corrected chi connectivity index (χ1v) is 24.2. The number of allylic oxidation sites excluding steroid dienone is 4. The summed E-state index contributed by atoms with van der Waals surface area (Å²) < 4.78 is 37.1. The molecule has 0 unspecified atom stereocenters. The molecule has 0 radical (unpaired) electrons. The van der Waals surface area contributed by atoms with Crippen LogP contribution in [0.15, 0.2) is 23.3 Å². The van der Waals surface area contributed by atoms with E-state index in [-0.39, 0.29) is 35.9 Å². The molecule has 3 saturated heterocycles. The fraction of sp³-hybridized carbons (Fsp3) is 0.917. The van der Waals surface area contributed by atoms with Crippen molar-refractivity contribution in [2.45, 2.75) is 204 Å². The highest BCUT2D eigenvalue weighted by Crippen LogP contribution is 2.74. The fourth-order valence-electron chi connectivity index (χ4n) is 14.5. The van der Waals surface area contributed by atoms with E-state index in [9.17, 15) is 61.3 Å². The zero-order valence-electron chi connectivity index (χ0n) is 39.4. The second kappa shape index (κ2) is 18.1. The lowest BCUT2D eigenvalue weighted by molar-refractivity contribution is -0.397. The van der Waals surface area contributed by atoms with Gasteiger partial charge in [-0.3, -0.25) is 0 Å². The maximum Gasteiger partial charge on any atom is 0.187 e. The molecule has 378 valence electrons. The lowest BCUT2D eigenvalue weighted by atomic mass is 9.35. The molecule has 7 fully saturated rings. The van der Waals surface area contributed by atoms with Crippen LogP contribution in [-0.2, 0) is 28.4 Å². The molecule has 24 atom stereocenters. The Labute approximate surface area is 387 Å². The molecule has 8 rings (SSSR count). The molecule has 3 aliphatic heterocycles. The number of aliphatic hydroxyl groups is 12. The summed E-state index contributed by atoms with van der Waals surface area (Å²) in [7, 11) is 0. The first-order chi connectivity index (χ1) is 30.9. The van der Waals surface area contributed by atoms with Gasteiger partial charge in [-0.1, -0.05) is 64.8 Å². The van der Waals surface area contributed by atoms with Crippen LogP contribution in [0.1, 0.15) is 99.8 Å². The van der Waals surface area contributed by atoms with Crippen molar-refractivity contribution in [3.63, 3.8) is 0 Å². The van der Waals surface area contributed by atoms with Gasteiger partial charge in [0.1, 0.15) is 67.1 Å². The standard InChI is InChI=1S/C48H78O18/c1-22-31(54)38(65-40-36(59)34(57)32(55)25(18-49)62-40)39(66-41-37(60)35(58)33(56)26(19-50)63-41)42(61-22)64-30-11-12-44(4)27(45(30,5)20-51)10-13-46(6)28(44)9-8-23-24-16-43(2,3)14-15-48(24,21-52)29(53)17-47(23,46)7/h8-9,22,24-27,29-42,49-60H,10-21H2,1-7H3/t22-,24+,25-,26-,27-,29+,30+,31+,32-,33-,34+,35+,36-,37-,38+,39-,40+,41+,42+,44+,45+,46-,47-,48-/m1/s1. The van der Waals surface area contributed by atoms with E-state index in [4.69, 9.17) is 28.4 Å². The van der Waals surface area contributed by atoms with Crippen molar-refractivity contribution in [3.05, 3.63) is 23.3 Å². The maximum atomic E-state index is 12.1. The summed E-state index contributed by atoms with van der Waals surface area (Å²) in [6.45, 7) is 13.1. The largest absolute Gasteiger partial charge is 0.396 e. The van der Waals surface area contributed by atoms with Crippen LogP contribution in [0.2, 0.25) is 0 Å². The molecule has 18 nitrogen and oxygen atoms in total. The summed E-state index contributed by atoms with van der Waals surface area (Å²) in [5, 5.41) is 131. The number of ether oxygens (including phenoxy) is 6. The molecule has 0 aromatic heterocycles. The van der Waals surface area contributed by atoms with Crippen molar-refractivity contribution in [2.75, 3.05) is 26.4 Å². The highest BCUT2D eigenvalue weighted by molar-refractivity contribution is 5.46. The molecular weight excluding hydrogens is 865 g/mol. The summed E-state index contributed by atoms with van der Waals surface area (Å²) in [5.74, 6) is -0.113. The van der Waals surface area contributed by atoms with Crippen molar-refractivity contribution in [1.29, 1.82) is 0 Å². The van der Waals surface area contributed by atoms with Gasteiger partial charge in [0.2, 0.25) is 0 Å². The van der Waals surface area contributed by atoms with E-state index in [2.05, 4.69) is 46.8 Å². The third-order valence-corrected chi connectivity index (χ3v) is 19.0. The molecule has 0 aromatic rings. The molecular formula is C48H78O18. The third-order valence-electron chi connectivity index (χ3n) is 19.0. The molecule has 0 amide bonds. The van der Waals surface area contributed by atoms with Crippen molar-refractivity contribution >= 4 is 0 Å². The average molecular weight is 943 g/mol. The number of fused-ring (bicyclic) bond motifs is 7. The Morgan fingerprint density at radius 1 is 0.576 bits per heavy atom. The van der Waals surface area contributed by atoms with Gasteiger partial charge in [-0.15, -0.1) is 0 Å². The van der Waals surface area contributed by atoms with Gasteiger partial charge >= 0.3 is 0 Å². The van der Waals surface area contributed by atoms with Crippen LogP contribution in [0.3, 0.4) is 0 Å². The monoisotopic (exact) mass is 943 g/mol. The van der Waals surface area contributed by atoms with Crippen molar-refractivity contribution in [1.82, 2.24) is 0 Å². The van der Waals surface area contributed by atoms with Crippen LogP contribution in [0.25, 0.3) is 0 Å². The van der Waals surface area contributed by atoms with Gasteiger partial charge in [0, 0.05) is 16.2 Å². The summed E-state index contributed by atoms with van der Waals surface area (Å²) >= 11 is 0. The van der Waals surface area contributed by atoms with Crippen LogP contribution < -0.4 is 0 Å². The maximum absolute atomic E-state index is 12.1. The molecule has 0 aromatic carbocycles. The van der Waals surface area contributed by atoms with Crippen LogP contribution >= 0.6 is 0 Å². The Bertz CT molecular complexity index is 1810. The summed E-state index contributed by atoms with van der Waals surface area (Å²) in [4.78, 5) is 0. The van der Waals surface area contributed by atoms with Gasteiger partial charge in [0.05, 0.1) is 44.7 Å². The normalized spacial score (nSPS) is 54.8. The Morgan fingerprint density at radius 2 is 1.17 bits per heavy atom. The van der Waals surface area contributed by atoms with E-state index in [1.54, 1.807) is 6.92 Å². The van der Waals surface area contributed by atoms with Gasteiger partial charge in [0.15, 0.2) is 18.9 Å². The molecule has 8 aliphatic rings. The molecule has 18 heteroatoms. The zero-order valence-corrected chi connectivity index (χ0v) is 39.4. The average Bonchev–Trinajstić information content (AvgIpc) is 3.27. The highest BCUT2D eigenvalue weighted by atomic mass is 16.8. The molecule has 66 heavy (non-hydrogen) atoms. The van der Waals surface area contributed by atoms with Crippen LogP contribution in [0, 0.1) is 44.3 Å². The molecule has 4 saturated carbocycles. The molecule has 12 N–H and O–H groups in total. The van der Waals surface area contributed by atoms with E-state index in [1.165, 1.54) is 11.1 Å². The third kappa shape index (κ3) is 7.75. The highest BCUT2D eigenvalue weighted by Gasteiger charge is 2.69. The second-order valence-corrected chi connectivity index (χ2v) is 23.0. The number of aliphatic hydroxyl groups excluding tert-OH is 12. The minimum Gasteiger partial charge on any atom is -0.396 e. The lowest BCUT2D eigenvalue weighted by Gasteiger charge is -2.69. The molecule has 3 heterocycles. The fourth-order valence-corrected chi connectivity index (χ4v) is 14.5. The van der Waals surface area contributed by atoms with E-state index in [0.717, 1.165) is 25.7 Å². The number of hydrogen-bond donors (Lipinski definition) is 12. The van der Waals surface area contributed by atoms with E-state index in [0.29, 0.717) is 25.7 Å². The van der Waals surface area contributed by atoms with Gasteiger partial charge < -0.3 is 89.7 Å². The Hall–Kier alpha value is -1.24. The molecule has 0 bridgehead atoms. The Kier molecular flexibility index (Phi) is 14.0. The lowest BCUT2D eigenvalue weighted by Crippen LogP contribution is -2.68. The summed E-state index contributed by atoms with van der Waals surface area (Å²) in [5.41, 5.74) is -0.0763. The number of rotatable bonds is 10.